The molecule has 4 aromatic rings. The third-order valence-electron chi connectivity index (χ3n) is 9.97. The molecule has 5 heterocycles. The zero-order valence-electron chi connectivity index (χ0n) is 22.7. The highest BCUT2D eigenvalue weighted by Crippen LogP contribution is 2.42. The number of aromatic hydroxyl groups is 1. The first kappa shape index (κ1) is 24.3. The number of piperidine rings is 1. The van der Waals surface area contributed by atoms with Crippen molar-refractivity contribution >= 4 is 27.5 Å². The molecule has 4 aliphatic rings. The highest BCUT2D eigenvalue weighted by atomic mass is 19.1. The Kier molecular flexibility index (Phi) is 5.63. The van der Waals surface area contributed by atoms with E-state index in [2.05, 4.69) is 19.8 Å². The Hall–Kier alpha value is -3.52. The van der Waals surface area contributed by atoms with Gasteiger partial charge in [-0.15, -0.1) is 0 Å². The molecule has 8 rings (SSSR count). The minimum Gasteiger partial charge on any atom is -0.507 e. The van der Waals surface area contributed by atoms with E-state index < -0.39 is 5.82 Å². The van der Waals surface area contributed by atoms with Gasteiger partial charge in [-0.2, -0.15) is 9.97 Å². The highest BCUT2D eigenvalue weighted by molar-refractivity contribution is 6.02. The molecule has 3 saturated heterocycles. The van der Waals surface area contributed by atoms with Crippen LogP contribution in [0, 0.1) is 17.7 Å². The number of aromatic nitrogens is 3. The summed E-state index contributed by atoms with van der Waals surface area (Å²) in [5.41, 5.74) is 0.985. The van der Waals surface area contributed by atoms with Crippen molar-refractivity contribution in [2.24, 2.45) is 11.8 Å². The summed E-state index contributed by atoms with van der Waals surface area (Å²) in [5, 5.41) is 12.7. The van der Waals surface area contributed by atoms with E-state index >= 15 is 4.39 Å². The van der Waals surface area contributed by atoms with Gasteiger partial charge >= 0.3 is 6.01 Å². The molecule has 206 valence electrons. The second-order valence-electron chi connectivity index (χ2n) is 12.4. The number of pyridine rings is 1. The maximum atomic E-state index is 16.5. The first-order valence-corrected chi connectivity index (χ1v) is 14.8. The minimum absolute atomic E-state index is 0.0468. The van der Waals surface area contributed by atoms with Crippen molar-refractivity contribution in [1.82, 2.24) is 19.9 Å². The van der Waals surface area contributed by atoms with Crippen LogP contribution in [0.1, 0.15) is 44.9 Å². The van der Waals surface area contributed by atoms with E-state index in [9.17, 15) is 5.11 Å². The van der Waals surface area contributed by atoms with Gasteiger partial charge in [0.1, 0.15) is 29.4 Å². The van der Waals surface area contributed by atoms with E-state index in [0.29, 0.717) is 34.8 Å². The van der Waals surface area contributed by atoms with E-state index in [1.54, 1.807) is 24.4 Å². The van der Waals surface area contributed by atoms with Gasteiger partial charge in [0.2, 0.25) is 0 Å². The van der Waals surface area contributed by atoms with Gasteiger partial charge in [0, 0.05) is 30.2 Å². The Morgan fingerprint density at radius 3 is 2.52 bits per heavy atom. The van der Waals surface area contributed by atoms with Gasteiger partial charge in [-0.3, -0.25) is 9.88 Å². The number of phenolic OH excluding ortho intramolecular Hbond substituents is 1. The predicted octanol–water partition coefficient (Wildman–Crippen LogP) is 5.93. The molecule has 2 atom stereocenters. The van der Waals surface area contributed by atoms with Gasteiger partial charge in [-0.25, -0.2) is 4.39 Å². The van der Waals surface area contributed by atoms with Gasteiger partial charge in [-0.1, -0.05) is 30.3 Å². The molecule has 0 radical (unpaired) electrons. The van der Waals surface area contributed by atoms with Crippen molar-refractivity contribution in [2.45, 2.75) is 50.5 Å². The fraction of sp³-hybridized carbons (Fsp3) is 0.469. The maximum absolute atomic E-state index is 16.5. The van der Waals surface area contributed by atoms with Gasteiger partial charge < -0.3 is 14.7 Å². The van der Waals surface area contributed by atoms with Crippen LogP contribution in [0.3, 0.4) is 0 Å². The highest BCUT2D eigenvalue weighted by Gasteiger charge is 2.45. The molecular weight excluding hydrogens is 505 g/mol. The molecule has 40 heavy (non-hydrogen) atoms. The number of phenols is 1. The van der Waals surface area contributed by atoms with Crippen LogP contribution in [-0.4, -0.2) is 63.3 Å². The zero-order chi connectivity index (χ0) is 26.8. The Morgan fingerprint density at radius 2 is 1.75 bits per heavy atom. The van der Waals surface area contributed by atoms with Gasteiger partial charge in [-0.05, 0) is 81.3 Å². The van der Waals surface area contributed by atoms with Crippen LogP contribution in [0.5, 0.6) is 11.8 Å². The summed E-state index contributed by atoms with van der Waals surface area (Å²) in [6, 6.07) is 11.1. The first-order valence-electron chi connectivity index (χ1n) is 14.8. The normalized spacial score (nSPS) is 23.8. The Morgan fingerprint density at radius 1 is 1.00 bits per heavy atom. The molecule has 8 heteroatoms. The second kappa shape index (κ2) is 9.26. The molecule has 0 spiro atoms. The van der Waals surface area contributed by atoms with Crippen LogP contribution in [0.4, 0.5) is 10.2 Å². The number of fused-ring (bicyclic) bond motifs is 5. The second-order valence-corrected chi connectivity index (χ2v) is 12.4. The summed E-state index contributed by atoms with van der Waals surface area (Å²) in [4.78, 5) is 19.1. The van der Waals surface area contributed by atoms with E-state index in [1.165, 1.54) is 32.1 Å². The number of anilines is 1. The lowest BCUT2D eigenvalue weighted by Gasteiger charge is -2.34. The zero-order valence-corrected chi connectivity index (χ0v) is 22.7. The minimum atomic E-state index is -0.511. The predicted molar refractivity (Wildman–Crippen MR) is 153 cm³/mol. The van der Waals surface area contributed by atoms with E-state index in [1.807, 2.05) is 18.2 Å². The van der Waals surface area contributed by atoms with Crippen LogP contribution in [0.25, 0.3) is 32.9 Å². The molecule has 1 aliphatic carbocycles. The lowest BCUT2D eigenvalue weighted by Crippen LogP contribution is -2.43. The van der Waals surface area contributed by atoms with Crippen molar-refractivity contribution in [1.29, 1.82) is 0 Å². The van der Waals surface area contributed by atoms with Crippen molar-refractivity contribution < 1.29 is 14.2 Å². The van der Waals surface area contributed by atoms with Crippen LogP contribution in [-0.2, 0) is 0 Å². The molecule has 2 aromatic heterocycles. The molecule has 2 bridgehead atoms. The lowest BCUT2D eigenvalue weighted by atomic mass is 9.95. The average Bonchev–Trinajstić information content (AvgIpc) is 3.65. The number of hydrogen-bond donors (Lipinski definition) is 1. The first-order chi connectivity index (χ1) is 19.6. The van der Waals surface area contributed by atoms with Crippen LogP contribution in [0.2, 0.25) is 0 Å². The summed E-state index contributed by atoms with van der Waals surface area (Å²) >= 11 is 0. The Bertz CT molecular complexity index is 1600. The van der Waals surface area contributed by atoms with Crippen LogP contribution >= 0.6 is 0 Å². The fourth-order valence-electron chi connectivity index (χ4n) is 8.07. The molecule has 7 nitrogen and oxygen atoms in total. The van der Waals surface area contributed by atoms with Crippen molar-refractivity contribution in [2.75, 3.05) is 37.7 Å². The molecule has 4 fully saturated rings. The Balaban J connectivity index is 1.25. The summed E-state index contributed by atoms with van der Waals surface area (Å²) < 4.78 is 22.9. The third-order valence-corrected chi connectivity index (χ3v) is 9.97. The van der Waals surface area contributed by atoms with Gasteiger partial charge in [0.05, 0.1) is 10.9 Å². The quantitative estimate of drug-likeness (QED) is 0.337. The molecule has 3 aliphatic heterocycles. The smallest absolute Gasteiger partial charge is 0.319 e. The van der Waals surface area contributed by atoms with E-state index in [0.717, 1.165) is 50.2 Å². The number of halogens is 1. The molecular formula is C32H34FN5O2. The summed E-state index contributed by atoms with van der Waals surface area (Å²) in [5.74, 6) is 1.61. The number of nitrogens with zero attached hydrogens (tertiary/aromatic N) is 5. The molecule has 2 aromatic carbocycles. The monoisotopic (exact) mass is 539 g/mol. The van der Waals surface area contributed by atoms with Crippen LogP contribution < -0.4 is 9.64 Å². The number of ether oxygens (including phenoxy) is 1. The molecule has 0 amide bonds. The third kappa shape index (κ3) is 3.83. The topological polar surface area (TPSA) is 74.6 Å². The summed E-state index contributed by atoms with van der Waals surface area (Å²) in [6.07, 6.45) is 10.1. The lowest BCUT2D eigenvalue weighted by molar-refractivity contribution is 0.108. The number of benzene rings is 2. The maximum Gasteiger partial charge on any atom is 0.319 e. The van der Waals surface area contributed by atoms with E-state index in [4.69, 9.17) is 9.72 Å². The van der Waals surface area contributed by atoms with Crippen molar-refractivity contribution in [3.8, 4) is 23.0 Å². The van der Waals surface area contributed by atoms with Crippen LogP contribution in [0.15, 0.2) is 42.6 Å². The molecule has 1 N–H and O–H groups in total. The largest absolute Gasteiger partial charge is 0.507 e. The van der Waals surface area contributed by atoms with Gasteiger partial charge in [0.15, 0.2) is 5.82 Å². The molecule has 1 saturated carbocycles. The Labute approximate surface area is 233 Å². The molecule has 2 unspecified atom stereocenters. The van der Waals surface area contributed by atoms with E-state index in [-0.39, 0.29) is 28.5 Å². The fourth-order valence-corrected chi connectivity index (χ4v) is 8.07. The standard InChI is InChI=1S/C32H34FN5O2/c33-27-28(23-7-1-5-22-6-2-8-25(39)26(22)23)34-16-24-29(27)35-31(40-19-32-11-3-13-38(32)14-4-12-32)36-30(24)37-17-20-9-10-21(15-20)18-37/h1-2,5-8,16,20-21,39H,3-4,9-15,17-19H2. The van der Waals surface area contributed by atoms with Crippen molar-refractivity contribution in [3.63, 3.8) is 0 Å². The summed E-state index contributed by atoms with van der Waals surface area (Å²) in [7, 11) is 0. The number of hydrogen-bond acceptors (Lipinski definition) is 7. The summed E-state index contributed by atoms with van der Waals surface area (Å²) in [6.45, 7) is 4.59. The SMILES string of the molecule is Oc1cccc2cccc(-c3ncc4c(N5CC6CCC(C6)C5)nc(OCC56CCCN5CCC6)nc4c3F)c12. The average molecular weight is 540 g/mol. The van der Waals surface area contributed by atoms with Gasteiger partial charge in [0.25, 0.3) is 0 Å². The van der Waals surface area contributed by atoms with Crippen molar-refractivity contribution in [3.05, 3.63) is 48.4 Å². The number of rotatable bonds is 5.